The molecule has 5 nitrogen and oxygen atoms in total. The van der Waals surface area contributed by atoms with E-state index in [4.69, 9.17) is 0 Å². The van der Waals surface area contributed by atoms with Gasteiger partial charge in [-0.2, -0.15) is 5.10 Å². The number of unbranched alkanes of at least 4 members (excludes halogenated alkanes) is 1. The van der Waals surface area contributed by atoms with Crippen LogP contribution >= 0.6 is 0 Å². The van der Waals surface area contributed by atoms with Crippen LogP contribution < -0.4 is 10.9 Å². The molecule has 0 saturated carbocycles. The number of hydrogen-bond donors (Lipinski definition) is 1. The standard InChI is InChI=1S/C22H23N3O2/c1-2-3-16-25-20(26)15-14-19(24-25)22(27)23-21(17-10-6-4-7-11-17)18-12-8-5-9-13-18/h4-15,21H,2-3,16H2,1H3,(H,23,27). The van der Waals surface area contributed by atoms with E-state index in [9.17, 15) is 9.59 Å². The summed E-state index contributed by atoms with van der Waals surface area (Å²) in [6.07, 6.45) is 1.79. The van der Waals surface area contributed by atoms with Crippen LogP contribution in [0, 0.1) is 0 Å². The Hall–Kier alpha value is -3.21. The number of carbonyl (C=O) groups excluding carboxylic acids is 1. The monoisotopic (exact) mass is 361 g/mol. The number of aromatic nitrogens is 2. The summed E-state index contributed by atoms with van der Waals surface area (Å²) in [7, 11) is 0. The van der Waals surface area contributed by atoms with Gasteiger partial charge in [-0.1, -0.05) is 74.0 Å². The highest BCUT2D eigenvalue weighted by atomic mass is 16.2. The van der Waals surface area contributed by atoms with Gasteiger partial charge in [0.1, 0.15) is 5.69 Å². The van der Waals surface area contributed by atoms with Crippen molar-refractivity contribution in [3.05, 3.63) is 100.0 Å². The summed E-state index contributed by atoms with van der Waals surface area (Å²) >= 11 is 0. The lowest BCUT2D eigenvalue weighted by molar-refractivity contribution is 0.0935. The molecular weight excluding hydrogens is 338 g/mol. The Morgan fingerprint density at radius 2 is 1.56 bits per heavy atom. The summed E-state index contributed by atoms with van der Waals surface area (Å²) in [5.41, 5.74) is 2.01. The third kappa shape index (κ3) is 4.70. The van der Waals surface area contributed by atoms with Crippen LogP contribution in [0.1, 0.15) is 47.4 Å². The number of aryl methyl sites for hydroxylation is 1. The maximum absolute atomic E-state index is 12.9. The first-order valence-electron chi connectivity index (χ1n) is 9.18. The lowest BCUT2D eigenvalue weighted by Gasteiger charge is -2.20. The van der Waals surface area contributed by atoms with Crippen molar-refractivity contribution in [3.63, 3.8) is 0 Å². The van der Waals surface area contributed by atoms with Gasteiger partial charge in [0.25, 0.3) is 11.5 Å². The number of nitrogens with one attached hydrogen (secondary N) is 1. The minimum Gasteiger partial charge on any atom is -0.340 e. The summed E-state index contributed by atoms with van der Waals surface area (Å²) in [6, 6.07) is 22.2. The largest absolute Gasteiger partial charge is 0.340 e. The zero-order chi connectivity index (χ0) is 19.1. The van der Waals surface area contributed by atoms with Crippen LogP contribution in [0.5, 0.6) is 0 Å². The van der Waals surface area contributed by atoms with E-state index in [2.05, 4.69) is 10.4 Å². The van der Waals surface area contributed by atoms with Gasteiger partial charge in [-0.15, -0.1) is 0 Å². The molecule has 5 heteroatoms. The molecule has 1 heterocycles. The second-order valence-electron chi connectivity index (χ2n) is 6.36. The van der Waals surface area contributed by atoms with Crippen molar-refractivity contribution >= 4 is 5.91 Å². The number of hydrogen-bond acceptors (Lipinski definition) is 3. The summed E-state index contributed by atoms with van der Waals surface area (Å²) in [5.74, 6) is -0.307. The molecule has 3 rings (SSSR count). The third-order valence-corrected chi connectivity index (χ3v) is 4.36. The van der Waals surface area contributed by atoms with Gasteiger partial charge in [0.15, 0.2) is 0 Å². The summed E-state index contributed by atoms with van der Waals surface area (Å²) in [4.78, 5) is 24.8. The fourth-order valence-corrected chi connectivity index (χ4v) is 2.89. The normalized spacial score (nSPS) is 10.7. The Morgan fingerprint density at radius 3 is 2.11 bits per heavy atom. The molecule has 0 fully saturated rings. The molecule has 3 aromatic rings. The molecule has 0 radical (unpaired) electrons. The lowest BCUT2D eigenvalue weighted by Crippen LogP contribution is -2.32. The van der Waals surface area contributed by atoms with Gasteiger partial charge >= 0.3 is 0 Å². The minimum absolute atomic E-state index is 0.192. The van der Waals surface area contributed by atoms with Gasteiger partial charge in [-0.05, 0) is 23.6 Å². The van der Waals surface area contributed by atoms with E-state index < -0.39 is 0 Å². The van der Waals surface area contributed by atoms with Crippen LogP contribution in [0.25, 0.3) is 0 Å². The van der Waals surface area contributed by atoms with E-state index in [0.29, 0.717) is 6.54 Å². The lowest BCUT2D eigenvalue weighted by atomic mass is 9.98. The van der Waals surface area contributed by atoms with Crippen molar-refractivity contribution in [2.45, 2.75) is 32.4 Å². The second-order valence-corrected chi connectivity index (χ2v) is 6.36. The van der Waals surface area contributed by atoms with Gasteiger partial charge in [0, 0.05) is 12.6 Å². The van der Waals surface area contributed by atoms with Gasteiger partial charge in [0.05, 0.1) is 6.04 Å². The molecule has 2 aromatic carbocycles. The highest BCUT2D eigenvalue weighted by Gasteiger charge is 2.19. The molecule has 0 spiro atoms. The molecule has 138 valence electrons. The van der Waals surface area contributed by atoms with Crippen LogP contribution in [0.15, 0.2) is 77.6 Å². The van der Waals surface area contributed by atoms with Crippen molar-refractivity contribution in [3.8, 4) is 0 Å². The molecule has 0 unspecified atom stereocenters. The molecule has 0 bridgehead atoms. The quantitative estimate of drug-likeness (QED) is 0.700. The number of rotatable bonds is 7. The van der Waals surface area contributed by atoms with E-state index in [0.717, 1.165) is 24.0 Å². The molecule has 0 aliphatic heterocycles. The van der Waals surface area contributed by atoms with Crippen LogP contribution in [0.2, 0.25) is 0 Å². The van der Waals surface area contributed by atoms with E-state index in [-0.39, 0.29) is 23.2 Å². The smallest absolute Gasteiger partial charge is 0.272 e. The number of benzene rings is 2. The second kappa shape index (κ2) is 8.94. The van der Waals surface area contributed by atoms with Gasteiger partial charge < -0.3 is 5.32 Å². The molecule has 0 atom stereocenters. The number of amides is 1. The molecule has 27 heavy (non-hydrogen) atoms. The predicted octanol–water partition coefficient (Wildman–Crippen LogP) is 3.56. The van der Waals surface area contributed by atoms with Crippen molar-refractivity contribution in [2.75, 3.05) is 0 Å². The molecule has 1 aromatic heterocycles. The molecule has 0 saturated heterocycles. The first kappa shape index (κ1) is 18.6. The maximum Gasteiger partial charge on any atom is 0.272 e. The van der Waals surface area contributed by atoms with Crippen LogP contribution in [-0.2, 0) is 6.54 Å². The Kier molecular flexibility index (Phi) is 6.15. The zero-order valence-electron chi connectivity index (χ0n) is 15.3. The first-order chi connectivity index (χ1) is 13.2. The van der Waals surface area contributed by atoms with E-state index >= 15 is 0 Å². The molecule has 0 aliphatic rings. The minimum atomic E-state index is -0.307. The average molecular weight is 361 g/mol. The predicted molar refractivity (Wildman–Crippen MR) is 106 cm³/mol. The molecule has 0 aliphatic carbocycles. The van der Waals surface area contributed by atoms with Crippen molar-refractivity contribution in [1.82, 2.24) is 15.1 Å². The Balaban J connectivity index is 1.88. The van der Waals surface area contributed by atoms with Crippen LogP contribution in [0.4, 0.5) is 0 Å². The Bertz CT molecular complexity index is 897. The molecule has 1 N–H and O–H groups in total. The maximum atomic E-state index is 12.9. The average Bonchev–Trinajstić information content (AvgIpc) is 2.72. The van der Waals surface area contributed by atoms with Crippen molar-refractivity contribution < 1.29 is 4.79 Å². The van der Waals surface area contributed by atoms with E-state index in [1.165, 1.54) is 16.8 Å². The van der Waals surface area contributed by atoms with Crippen LogP contribution in [0.3, 0.4) is 0 Å². The summed E-state index contributed by atoms with van der Waals surface area (Å²) < 4.78 is 1.36. The topological polar surface area (TPSA) is 64.0 Å². The van der Waals surface area contributed by atoms with Gasteiger partial charge in [0.2, 0.25) is 0 Å². The third-order valence-electron chi connectivity index (χ3n) is 4.36. The highest BCUT2D eigenvalue weighted by molar-refractivity contribution is 5.92. The van der Waals surface area contributed by atoms with Gasteiger partial charge in [-0.3, -0.25) is 9.59 Å². The SMILES string of the molecule is CCCCn1nc(C(=O)NC(c2ccccc2)c2ccccc2)ccc1=O. The van der Waals surface area contributed by atoms with E-state index in [1.54, 1.807) is 0 Å². The van der Waals surface area contributed by atoms with Crippen molar-refractivity contribution in [1.29, 1.82) is 0 Å². The Morgan fingerprint density at radius 1 is 0.963 bits per heavy atom. The molecular formula is C22H23N3O2. The van der Waals surface area contributed by atoms with Gasteiger partial charge in [-0.25, -0.2) is 4.68 Å². The molecule has 1 amide bonds. The first-order valence-corrected chi connectivity index (χ1v) is 9.18. The fourth-order valence-electron chi connectivity index (χ4n) is 2.89. The zero-order valence-corrected chi connectivity index (χ0v) is 15.3. The fraction of sp³-hybridized carbons (Fsp3) is 0.227. The summed E-state index contributed by atoms with van der Waals surface area (Å²) in [5, 5.41) is 7.29. The Labute approximate surface area is 158 Å². The summed E-state index contributed by atoms with van der Waals surface area (Å²) in [6.45, 7) is 2.56. The number of nitrogens with zero attached hydrogens (tertiary/aromatic N) is 2. The van der Waals surface area contributed by atoms with Crippen LogP contribution in [-0.4, -0.2) is 15.7 Å². The van der Waals surface area contributed by atoms with Crippen molar-refractivity contribution in [2.24, 2.45) is 0 Å². The number of carbonyl (C=O) groups is 1. The van der Waals surface area contributed by atoms with E-state index in [1.807, 2.05) is 67.6 Å². The highest BCUT2D eigenvalue weighted by Crippen LogP contribution is 2.22.